The molecule has 8 atom stereocenters. The molecule has 1 N–H and O–H groups in total. The molecule has 0 aromatic carbocycles. The summed E-state index contributed by atoms with van der Waals surface area (Å²) in [6.07, 6.45) is 11.0. The average Bonchev–Trinajstić information content (AvgIpc) is 3.67. The summed E-state index contributed by atoms with van der Waals surface area (Å²) in [5.41, 5.74) is 0.265. The predicted molar refractivity (Wildman–Crippen MR) is 190 cm³/mol. The minimum Gasteiger partial charge on any atom is -0.481 e. The molecule has 1 unspecified atom stereocenters. The standard InChI is InChI=1S/C41H56N4O6/c1-23(2)30-25(46)21-41(34-45-44-33(51-34)32-42-19-10-20-43-32)18-17-39(8)24(31(30)41)11-12-27-38(7)15-14-28(50-29(47)22-36(3,4)35(48)49)37(5,6)26(38)13-16-40(27,39)9/h10,19-20,23-24,26-28H,11-18,21-22H2,1-9H3,(H,48,49)/t24-,26+,27?,28+,38+,39-,40-,41-/m1/s1. The summed E-state index contributed by atoms with van der Waals surface area (Å²) in [7, 11) is 0. The van der Waals surface area contributed by atoms with Gasteiger partial charge in [-0.05, 0) is 122 Å². The van der Waals surface area contributed by atoms with Gasteiger partial charge in [-0.1, -0.05) is 48.5 Å². The van der Waals surface area contributed by atoms with Crippen molar-refractivity contribution in [2.24, 2.45) is 50.7 Å². The van der Waals surface area contributed by atoms with Gasteiger partial charge >= 0.3 is 11.9 Å². The molecule has 10 heteroatoms. The second kappa shape index (κ2) is 11.8. The van der Waals surface area contributed by atoms with Crippen LogP contribution in [0.4, 0.5) is 0 Å². The van der Waals surface area contributed by atoms with Gasteiger partial charge in [-0.3, -0.25) is 14.4 Å². The summed E-state index contributed by atoms with van der Waals surface area (Å²) in [6.45, 7) is 19.6. The topological polar surface area (TPSA) is 145 Å². The van der Waals surface area contributed by atoms with E-state index in [1.54, 1.807) is 32.3 Å². The first-order valence-corrected chi connectivity index (χ1v) is 19.1. The van der Waals surface area contributed by atoms with Crippen molar-refractivity contribution in [3.63, 3.8) is 0 Å². The van der Waals surface area contributed by atoms with Crippen LogP contribution in [0, 0.1) is 50.7 Å². The quantitative estimate of drug-likeness (QED) is 0.281. The van der Waals surface area contributed by atoms with Gasteiger partial charge in [-0.15, -0.1) is 10.2 Å². The number of carbonyl (C=O) groups is 3. The molecule has 0 saturated heterocycles. The van der Waals surface area contributed by atoms with E-state index in [1.165, 1.54) is 5.57 Å². The maximum atomic E-state index is 14.1. The molecule has 0 aliphatic heterocycles. The Morgan fingerprint density at radius 3 is 2.31 bits per heavy atom. The van der Waals surface area contributed by atoms with E-state index in [0.717, 1.165) is 56.9 Å². The Balaban J connectivity index is 1.21. The highest BCUT2D eigenvalue weighted by molar-refractivity contribution is 6.01. The number of carboxylic acids is 1. The van der Waals surface area contributed by atoms with Crippen molar-refractivity contribution in [3.8, 4) is 11.7 Å². The maximum absolute atomic E-state index is 14.1. The third-order valence-electron chi connectivity index (χ3n) is 15.4. The van der Waals surface area contributed by atoms with E-state index < -0.39 is 22.8 Å². The number of ketones is 1. The minimum absolute atomic E-state index is 0.0330. The van der Waals surface area contributed by atoms with E-state index in [0.29, 0.717) is 30.0 Å². The molecule has 0 bridgehead atoms. The molecule has 0 spiro atoms. The van der Waals surface area contributed by atoms with E-state index in [2.05, 4.69) is 68.6 Å². The highest BCUT2D eigenvalue weighted by Gasteiger charge is 2.71. The molecule has 4 fully saturated rings. The Labute approximate surface area is 302 Å². The lowest BCUT2D eigenvalue weighted by Crippen LogP contribution is -2.66. The second-order valence-corrected chi connectivity index (χ2v) is 19.0. The summed E-state index contributed by atoms with van der Waals surface area (Å²) in [4.78, 5) is 47.6. The number of nitrogens with zero attached hydrogens (tertiary/aromatic N) is 4. The lowest BCUT2D eigenvalue weighted by atomic mass is 9.33. The van der Waals surface area contributed by atoms with E-state index >= 15 is 0 Å². The van der Waals surface area contributed by atoms with E-state index in [9.17, 15) is 19.5 Å². The SMILES string of the molecule is CC(C)C1=C2[C@H]3CCC4[C@@]5(C)CC[C@H](OC(=O)CC(C)(C)C(=O)O)C(C)(C)[C@@H]5CC[C@@]4(C)[C@]3(C)CC[C@@]2(c2nnc(-c3ncccn3)o2)CC1=O. The highest BCUT2D eigenvalue weighted by Crippen LogP contribution is 2.76. The Bertz CT molecular complexity index is 1780. The molecule has 51 heavy (non-hydrogen) atoms. The van der Waals surface area contributed by atoms with Crippen molar-refractivity contribution in [1.82, 2.24) is 20.2 Å². The van der Waals surface area contributed by atoms with E-state index in [1.807, 2.05) is 0 Å². The van der Waals surface area contributed by atoms with Gasteiger partial charge in [0.05, 0.1) is 17.3 Å². The van der Waals surface area contributed by atoms with Gasteiger partial charge in [0, 0.05) is 24.2 Å². The van der Waals surface area contributed by atoms with Gasteiger partial charge in [0.15, 0.2) is 5.78 Å². The van der Waals surface area contributed by atoms with Gasteiger partial charge in [-0.25, -0.2) is 9.97 Å². The van der Waals surface area contributed by atoms with Crippen LogP contribution < -0.4 is 0 Å². The zero-order chi connectivity index (χ0) is 36.9. The zero-order valence-corrected chi connectivity index (χ0v) is 32.0. The molecular formula is C41H56N4O6. The molecule has 0 radical (unpaired) electrons. The van der Waals surface area contributed by atoms with Crippen molar-refractivity contribution in [2.45, 2.75) is 138 Å². The number of allylic oxidation sites excluding steroid dienone is 2. The summed E-state index contributed by atoms with van der Waals surface area (Å²) >= 11 is 0. The number of hydrogen-bond acceptors (Lipinski definition) is 9. The Morgan fingerprint density at radius 2 is 1.65 bits per heavy atom. The summed E-state index contributed by atoms with van der Waals surface area (Å²) in [5, 5.41) is 18.6. The lowest BCUT2D eigenvalue weighted by molar-refractivity contribution is -0.232. The average molecular weight is 701 g/mol. The molecule has 10 nitrogen and oxygen atoms in total. The fourth-order valence-electron chi connectivity index (χ4n) is 12.6. The number of rotatable bonds is 7. The largest absolute Gasteiger partial charge is 0.481 e. The third kappa shape index (κ3) is 5.11. The normalized spacial score (nSPS) is 37.3. The van der Waals surface area contributed by atoms with Crippen LogP contribution in [0.15, 0.2) is 34.0 Å². The van der Waals surface area contributed by atoms with Crippen molar-refractivity contribution in [3.05, 3.63) is 35.5 Å². The van der Waals surface area contributed by atoms with Crippen LogP contribution in [0.5, 0.6) is 0 Å². The number of hydrogen-bond donors (Lipinski definition) is 1. The summed E-state index contributed by atoms with van der Waals surface area (Å²) in [6, 6.07) is 1.75. The fourth-order valence-corrected chi connectivity index (χ4v) is 12.6. The molecule has 2 aromatic heterocycles. The number of fused-ring (bicyclic) bond motifs is 7. The molecule has 2 aromatic rings. The molecular weight excluding hydrogens is 644 g/mol. The number of ether oxygens (including phenoxy) is 1. The molecule has 5 aliphatic rings. The highest BCUT2D eigenvalue weighted by atomic mass is 16.5. The molecule has 0 amide bonds. The summed E-state index contributed by atoms with van der Waals surface area (Å²) in [5.74, 6) is 1.15. The van der Waals surface area contributed by atoms with Crippen molar-refractivity contribution in [1.29, 1.82) is 0 Å². The first kappa shape index (κ1) is 36.0. The van der Waals surface area contributed by atoms with Crippen LogP contribution in [-0.2, 0) is 24.5 Å². The zero-order valence-electron chi connectivity index (χ0n) is 32.0. The van der Waals surface area contributed by atoms with Crippen LogP contribution in [0.2, 0.25) is 0 Å². The van der Waals surface area contributed by atoms with Crippen LogP contribution >= 0.6 is 0 Å². The maximum Gasteiger partial charge on any atom is 0.309 e. The fraction of sp³-hybridized carbons (Fsp3) is 0.732. The van der Waals surface area contributed by atoms with Gasteiger partial charge in [0.25, 0.3) is 5.89 Å². The first-order chi connectivity index (χ1) is 23.8. The Kier molecular flexibility index (Phi) is 8.31. The monoisotopic (exact) mass is 700 g/mol. The molecule has 2 heterocycles. The predicted octanol–water partition coefficient (Wildman–Crippen LogP) is 8.17. The van der Waals surface area contributed by atoms with Gasteiger partial charge in [0.2, 0.25) is 11.7 Å². The molecule has 5 aliphatic carbocycles. The van der Waals surface area contributed by atoms with Crippen LogP contribution in [0.3, 0.4) is 0 Å². The number of Topliss-reactive ketones (excluding diaryl/α,β-unsaturated/α-hetero) is 1. The number of carboxylic acid groups (broad SMARTS) is 1. The van der Waals surface area contributed by atoms with Crippen LogP contribution in [0.25, 0.3) is 11.7 Å². The number of esters is 1. The Hall–Kier alpha value is -3.43. The van der Waals surface area contributed by atoms with Crippen LogP contribution in [-0.4, -0.2) is 49.1 Å². The first-order valence-electron chi connectivity index (χ1n) is 19.1. The number of aliphatic carboxylic acids is 1. The summed E-state index contributed by atoms with van der Waals surface area (Å²) < 4.78 is 12.6. The van der Waals surface area contributed by atoms with Crippen LogP contribution in [0.1, 0.15) is 132 Å². The van der Waals surface area contributed by atoms with Gasteiger partial charge in [-0.2, -0.15) is 0 Å². The van der Waals surface area contributed by atoms with Crippen molar-refractivity contribution >= 4 is 17.7 Å². The third-order valence-corrected chi connectivity index (χ3v) is 15.4. The smallest absolute Gasteiger partial charge is 0.309 e. The number of aromatic nitrogens is 4. The minimum atomic E-state index is -1.17. The molecule has 7 rings (SSSR count). The van der Waals surface area contributed by atoms with Gasteiger partial charge in [0.1, 0.15) is 6.10 Å². The van der Waals surface area contributed by atoms with Crippen molar-refractivity contribution in [2.75, 3.05) is 0 Å². The van der Waals surface area contributed by atoms with E-state index in [-0.39, 0.29) is 57.7 Å². The second-order valence-electron chi connectivity index (χ2n) is 19.0. The Morgan fingerprint density at radius 1 is 0.941 bits per heavy atom. The molecule has 4 saturated carbocycles. The van der Waals surface area contributed by atoms with E-state index in [4.69, 9.17) is 9.15 Å². The molecule has 276 valence electrons. The van der Waals surface area contributed by atoms with Gasteiger partial charge < -0.3 is 14.3 Å². The van der Waals surface area contributed by atoms with Crippen molar-refractivity contribution < 1.29 is 28.6 Å². The lowest BCUT2D eigenvalue weighted by Gasteiger charge is -2.72. The number of carbonyl (C=O) groups excluding carboxylic acids is 2.